The van der Waals surface area contributed by atoms with Crippen molar-refractivity contribution >= 4 is 55.1 Å². The second-order valence-corrected chi connectivity index (χ2v) is 13.7. The molecule has 2 amide bonds. The summed E-state index contributed by atoms with van der Waals surface area (Å²) in [5.41, 5.74) is -1.67. The van der Waals surface area contributed by atoms with Crippen LogP contribution < -0.4 is 9.62 Å². The molecular weight excluding hydrogens is 659 g/mol. The second kappa shape index (κ2) is 13.0. The van der Waals surface area contributed by atoms with Crippen molar-refractivity contribution in [1.82, 2.24) is 10.2 Å². The summed E-state index contributed by atoms with van der Waals surface area (Å²) in [5.74, 6) is -1.33. The molecule has 226 valence electrons. The second-order valence-electron chi connectivity index (χ2n) is 10.6. The highest BCUT2D eigenvalue weighted by molar-refractivity contribution is 9.10. The Morgan fingerprint density at radius 3 is 2.12 bits per heavy atom. The number of rotatable bonds is 9. The van der Waals surface area contributed by atoms with Crippen molar-refractivity contribution in [1.29, 1.82) is 0 Å². The molecule has 0 unspecified atom stereocenters. The van der Waals surface area contributed by atoms with Crippen LogP contribution in [0, 0.1) is 0 Å². The quantitative estimate of drug-likeness (QED) is 0.273. The van der Waals surface area contributed by atoms with Crippen LogP contribution in [0.15, 0.2) is 82.2 Å². The van der Waals surface area contributed by atoms with Gasteiger partial charge >= 0.3 is 6.18 Å². The Bertz CT molecular complexity index is 1530. The average Bonchev–Trinajstić information content (AvgIpc) is 2.90. The van der Waals surface area contributed by atoms with Crippen LogP contribution >= 0.6 is 27.5 Å². The van der Waals surface area contributed by atoms with Gasteiger partial charge in [0.25, 0.3) is 10.0 Å². The molecule has 0 aliphatic carbocycles. The first-order valence-corrected chi connectivity index (χ1v) is 15.3. The Hall–Kier alpha value is -3.09. The summed E-state index contributed by atoms with van der Waals surface area (Å²) in [4.78, 5) is 28.0. The van der Waals surface area contributed by atoms with E-state index in [1.54, 1.807) is 51.1 Å². The molecule has 0 heterocycles. The summed E-state index contributed by atoms with van der Waals surface area (Å²) in [6.07, 6.45) is -4.81. The van der Waals surface area contributed by atoms with Crippen molar-refractivity contribution in [3.8, 4) is 0 Å². The fourth-order valence-electron chi connectivity index (χ4n) is 3.96. The van der Waals surface area contributed by atoms with Gasteiger partial charge in [-0.1, -0.05) is 57.9 Å². The number of nitrogens with one attached hydrogen (secondary N) is 1. The molecule has 3 rings (SSSR count). The number of sulfonamides is 1. The maximum Gasteiger partial charge on any atom is 0.416 e. The van der Waals surface area contributed by atoms with Crippen LogP contribution in [-0.4, -0.2) is 43.3 Å². The standard InChI is InChI=1S/C29H30BrClF3N3O4S/c1-19(27(39)35-28(2,3)4)36(17-20-10-13-22(30)14-11-20)26(38)18-37(42(40,41)23-8-6-5-7-9-23)25-16-21(29(32,33)34)12-15-24(25)31/h5-16,19H,17-18H2,1-4H3,(H,35,39)/t19-/m1/s1. The fraction of sp³-hybridized carbons (Fsp3) is 0.310. The molecule has 3 aromatic carbocycles. The summed E-state index contributed by atoms with van der Waals surface area (Å²) in [6, 6.07) is 15.1. The number of nitrogens with zero attached hydrogens (tertiary/aromatic N) is 2. The Morgan fingerprint density at radius 2 is 1.57 bits per heavy atom. The third-order valence-electron chi connectivity index (χ3n) is 6.08. The lowest BCUT2D eigenvalue weighted by Crippen LogP contribution is -2.54. The number of anilines is 1. The molecule has 0 aromatic heterocycles. The van der Waals surface area contributed by atoms with Crippen molar-refractivity contribution in [2.45, 2.75) is 56.9 Å². The predicted octanol–water partition coefficient (Wildman–Crippen LogP) is 6.65. The first-order valence-electron chi connectivity index (χ1n) is 12.7. The molecule has 0 aliphatic heterocycles. The van der Waals surface area contributed by atoms with Crippen LogP contribution in [0.4, 0.5) is 18.9 Å². The summed E-state index contributed by atoms with van der Waals surface area (Å²) < 4.78 is 69.9. The van der Waals surface area contributed by atoms with Gasteiger partial charge in [0.15, 0.2) is 0 Å². The lowest BCUT2D eigenvalue weighted by Gasteiger charge is -2.33. The van der Waals surface area contributed by atoms with Gasteiger partial charge in [-0.25, -0.2) is 8.42 Å². The SMILES string of the molecule is C[C@H](C(=O)NC(C)(C)C)N(Cc1ccc(Br)cc1)C(=O)CN(c1cc(C(F)(F)F)ccc1Cl)S(=O)(=O)c1ccccc1. The van der Waals surface area contributed by atoms with Crippen LogP contribution in [0.5, 0.6) is 0 Å². The number of carbonyl (C=O) groups is 2. The van der Waals surface area contributed by atoms with Crippen LogP contribution in [-0.2, 0) is 32.3 Å². The smallest absolute Gasteiger partial charge is 0.350 e. The van der Waals surface area contributed by atoms with Gasteiger partial charge in [-0.15, -0.1) is 0 Å². The summed E-state index contributed by atoms with van der Waals surface area (Å²) in [5, 5.41) is 2.49. The van der Waals surface area contributed by atoms with E-state index in [4.69, 9.17) is 11.6 Å². The van der Waals surface area contributed by atoms with Gasteiger partial charge in [0.1, 0.15) is 12.6 Å². The third kappa shape index (κ3) is 8.48. The van der Waals surface area contributed by atoms with E-state index >= 15 is 0 Å². The van der Waals surface area contributed by atoms with Crippen molar-refractivity contribution in [3.05, 3.63) is 93.4 Å². The van der Waals surface area contributed by atoms with Crippen LogP contribution in [0.25, 0.3) is 0 Å². The van der Waals surface area contributed by atoms with E-state index in [0.29, 0.717) is 15.9 Å². The van der Waals surface area contributed by atoms with Crippen LogP contribution in [0.3, 0.4) is 0 Å². The summed E-state index contributed by atoms with van der Waals surface area (Å²) in [7, 11) is -4.59. The minimum Gasteiger partial charge on any atom is -0.350 e. The van der Waals surface area contributed by atoms with Gasteiger partial charge in [-0.3, -0.25) is 13.9 Å². The third-order valence-corrected chi connectivity index (χ3v) is 8.71. The maximum absolute atomic E-state index is 13.9. The number of hydrogen-bond acceptors (Lipinski definition) is 4. The number of carbonyl (C=O) groups excluding carboxylic acids is 2. The molecule has 0 spiro atoms. The van der Waals surface area contributed by atoms with Crippen molar-refractivity contribution in [2.75, 3.05) is 10.8 Å². The van der Waals surface area contributed by atoms with Gasteiger partial charge in [-0.2, -0.15) is 13.2 Å². The van der Waals surface area contributed by atoms with Gasteiger partial charge in [0.05, 0.1) is 21.2 Å². The molecule has 42 heavy (non-hydrogen) atoms. The fourth-order valence-corrected chi connectivity index (χ4v) is 5.94. The van der Waals surface area contributed by atoms with E-state index in [-0.39, 0.29) is 16.5 Å². The minimum absolute atomic E-state index is 0.0829. The molecule has 3 aromatic rings. The Morgan fingerprint density at radius 1 is 0.976 bits per heavy atom. The zero-order chi connectivity index (χ0) is 31.5. The van der Waals surface area contributed by atoms with Gasteiger partial charge in [0, 0.05) is 16.6 Å². The molecule has 0 bridgehead atoms. The van der Waals surface area contributed by atoms with Gasteiger partial charge in [0.2, 0.25) is 11.8 Å². The topological polar surface area (TPSA) is 86.8 Å². The van der Waals surface area contributed by atoms with Crippen molar-refractivity contribution in [3.63, 3.8) is 0 Å². The van der Waals surface area contributed by atoms with E-state index in [2.05, 4.69) is 21.2 Å². The zero-order valence-corrected chi connectivity index (χ0v) is 26.4. The molecule has 1 N–H and O–H groups in total. The first-order chi connectivity index (χ1) is 19.4. The summed E-state index contributed by atoms with van der Waals surface area (Å²) in [6.45, 7) is 5.78. The van der Waals surface area contributed by atoms with E-state index in [1.807, 2.05) is 0 Å². The Balaban J connectivity index is 2.13. The molecule has 0 saturated heterocycles. The highest BCUT2D eigenvalue weighted by Crippen LogP contribution is 2.37. The lowest BCUT2D eigenvalue weighted by molar-refractivity contribution is -0.140. The van der Waals surface area contributed by atoms with E-state index < -0.39 is 57.4 Å². The maximum atomic E-state index is 13.9. The number of hydrogen-bond donors (Lipinski definition) is 1. The highest BCUT2D eigenvalue weighted by atomic mass is 79.9. The van der Waals surface area contributed by atoms with Crippen LogP contribution in [0.2, 0.25) is 5.02 Å². The van der Waals surface area contributed by atoms with Gasteiger partial charge in [-0.05, 0) is 75.7 Å². The van der Waals surface area contributed by atoms with E-state index in [1.165, 1.54) is 36.1 Å². The predicted molar refractivity (Wildman–Crippen MR) is 159 cm³/mol. The summed E-state index contributed by atoms with van der Waals surface area (Å²) >= 11 is 9.61. The molecule has 13 heteroatoms. The molecule has 0 aliphatic rings. The minimum atomic E-state index is -4.81. The number of amides is 2. The molecule has 0 fully saturated rings. The average molecular weight is 689 g/mol. The number of benzene rings is 3. The number of halogens is 5. The highest BCUT2D eigenvalue weighted by Gasteiger charge is 2.36. The Labute approximate surface area is 256 Å². The molecule has 0 saturated carbocycles. The number of alkyl halides is 3. The molecule has 0 radical (unpaired) electrons. The largest absolute Gasteiger partial charge is 0.416 e. The lowest BCUT2D eigenvalue weighted by atomic mass is 10.1. The Kier molecular flexibility index (Phi) is 10.4. The zero-order valence-electron chi connectivity index (χ0n) is 23.2. The van der Waals surface area contributed by atoms with E-state index in [0.717, 1.165) is 16.6 Å². The normalized spacial score (nSPS) is 12.9. The molecule has 1 atom stereocenters. The monoisotopic (exact) mass is 687 g/mol. The van der Waals surface area contributed by atoms with Crippen LogP contribution in [0.1, 0.15) is 38.8 Å². The molecular formula is C29H30BrClF3N3O4S. The molecule has 7 nitrogen and oxygen atoms in total. The van der Waals surface area contributed by atoms with Crippen molar-refractivity contribution in [2.24, 2.45) is 0 Å². The van der Waals surface area contributed by atoms with E-state index in [9.17, 15) is 31.2 Å². The van der Waals surface area contributed by atoms with Gasteiger partial charge < -0.3 is 10.2 Å². The first kappa shape index (κ1) is 33.4. The van der Waals surface area contributed by atoms with Crippen molar-refractivity contribution < 1.29 is 31.2 Å².